The third kappa shape index (κ3) is 3.20. The van der Waals surface area contributed by atoms with Crippen LogP contribution in [0.2, 0.25) is 0 Å². The standard InChI is InChI=1S/C20H25N3O2/c24-19-14-21-23(18-9-4-3-8-16(18)19)13-11-20(25)22-12-5-10-17(22)15-6-1-2-7-15/h3-4,8-9,14-15,17H,1-2,5-7,10-13H2/t17-/m1/s1. The maximum atomic E-state index is 12.8. The summed E-state index contributed by atoms with van der Waals surface area (Å²) in [4.78, 5) is 26.9. The zero-order valence-electron chi connectivity index (χ0n) is 14.6. The van der Waals surface area contributed by atoms with Crippen molar-refractivity contribution in [2.24, 2.45) is 5.92 Å². The summed E-state index contributed by atoms with van der Waals surface area (Å²) in [6.07, 6.45) is 9.28. The summed E-state index contributed by atoms with van der Waals surface area (Å²) in [6, 6.07) is 7.92. The van der Waals surface area contributed by atoms with Crippen molar-refractivity contribution in [3.63, 3.8) is 0 Å². The van der Waals surface area contributed by atoms with Crippen LogP contribution in [0.3, 0.4) is 0 Å². The summed E-state index contributed by atoms with van der Waals surface area (Å²) in [5.74, 6) is 0.941. The lowest BCUT2D eigenvalue weighted by Gasteiger charge is -2.29. The van der Waals surface area contributed by atoms with Crippen LogP contribution in [0.15, 0.2) is 35.3 Å². The van der Waals surface area contributed by atoms with Crippen LogP contribution in [-0.2, 0) is 11.3 Å². The molecule has 25 heavy (non-hydrogen) atoms. The van der Waals surface area contributed by atoms with Crippen LogP contribution in [0.4, 0.5) is 0 Å². The average molecular weight is 339 g/mol. The highest BCUT2D eigenvalue weighted by molar-refractivity contribution is 5.79. The SMILES string of the molecule is O=C(CCn1ncc(=O)c2ccccc21)N1CCC[C@@H]1C1CCCC1. The molecule has 2 fully saturated rings. The molecule has 1 saturated heterocycles. The number of carbonyl (C=O) groups is 1. The summed E-state index contributed by atoms with van der Waals surface area (Å²) in [5.41, 5.74) is 0.732. The van der Waals surface area contributed by atoms with E-state index in [0.29, 0.717) is 30.3 Å². The topological polar surface area (TPSA) is 55.2 Å². The highest BCUT2D eigenvalue weighted by Gasteiger charge is 2.35. The maximum absolute atomic E-state index is 12.8. The van der Waals surface area contributed by atoms with Crippen molar-refractivity contribution in [1.29, 1.82) is 0 Å². The third-order valence-corrected chi connectivity index (χ3v) is 5.86. The predicted octanol–water partition coefficient (Wildman–Crippen LogP) is 2.97. The first kappa shape index (κ1) is 16.3. The summed E-state index contributed by atoms with van der Waals surface area (Å²) < 4.78 is 1.79. The van der Waals surface area contributed by atoms with Gasteiger partial charge in [-0.05, 0) is 43.7 Å². The Labute approximate surface area is 147 Å². The fourth-order valence-electron chi connectivity index (χ4n) is 4.62. The smallest absolute Gasteiger partial charge is 0.224 e. The van der Waals surface area contributed by atoms with Crippen LogP contribution in [0.25, 0.3) is 10.9 Å². The minimum atomic E-state index is -0.0704. The van der Waals surface area contributed by atoms with Gasteiger partial charge in [0.05, 0.1) is 18.3 Å². The quantitative estimate of drug-likeness (QED) is 0.860. The Morgan fingerprint density at radius 2 is 1.92 bits per heavy atom. The molecule has 2 heterocycles. The second kappa shape index (κ2) is 6.98. The zero-order chi connectivity index (χ0) is 17.2. The number of carbonyl (C=O) groups excluding carboxylic acids is 1. The van der Waals surface area contributed by atoms with Crippen molar-refractivity contribution in [2.75, 3.05) is 6.54 Å². The van der Waals surface area contributed by atoms with Crippen LogP contribution in [0.5, 0.6) is 0 Å². The van der Waals surface area contributed by atoms with Crippen LogP contribution in [0, 0.1) is 5.92 Å². The lowest BCUT2D eigenvalue weighted by molar-refractivity contribution is -0.133. The normalized spacial score (nSPS) is 21.3. The van der Waals surface area contributed by atoms with E-state index in [9.17, 15) is 9.59 Å². The molecule has 4 rings (SSSR count). The number of amides is 1. The molecule has 0 N–H and O–H groups in total. The predicted molar refractivity (Wildman–Crippen MR) is 97.3 cm³/mol. The zero-order valence-corrected chi connectivity index (χ0v) is 14.6. The molecule has 1 aromatic heterocycles. The van der Waals surface area contributed by atoms with E-state index in [0.717, 1.165) is 24.9 Å². The van der Waals surface area contributed by atoms with Gasteiger partial charge in [-0.2, -0.15) is 5.10 Å². The van der Waals surface area contributed by atoms with Crippen LogP contribution >= 0.6 is 0 Å². The van der Waals surface area contributed by atoms with Gasteiger partial charge in [0, 0.05) is 24.4 Å². The number of benzene rings is 1. The minimum Gasteiger partial charge on any atom is -0.339 e. The van der Waals surface area contributed by atoms with Gasteiger partial charge in [-0.3, -0.25) is 14.3 Å². The van der Waals surface area contributed by atoms with Gasteiger partial charge in [0.1, 0.15) is 0 Å². The third-order valence-electron chi connectivity index (χ3n) is 5.86. The molecule has 5 nitrogen and oxygen atoms in total. The number of para-hydroxylation sites is 1. The number of fused-ring (bicyclic) bond motifs is 1. The number of aromatic nitrogens is 2. The minimum absolute atomic E-state index is 0.0704. The van der Waals surface area contributed by atoms with Crippen molar-refractivity contribution in [1.82, 2.24) is 14.7 Å². The molecule has 1 aromatic carbocycles. The van der Waals surface area contributed by atoms with Gasteiger partial charge in [0.25, 0.3) is 0 Å². The van der Waals surface area contributed by atoms with E-state index in [4.69, 9.17) is 0 Å². The first-order chi connectivity index (χ1) is 12.2. The van der Waals surface area contributed by atoms with Gasteiger partial charge in [-0.25, -0.2) is 0 Å². The number of hydrogen-bond donors (Lipinski definition) is 0. The molecule has 0 bridgehead atoms. The molecule has 2 aliphatic rings. The molecular weight excluding hydrogens is 314 g/mol. The summed E-state index contributed by atoms with van der Waals surface area (Å²) >= 11 is 0. The number of likely N-dealkylation sites (tertiary alicyclic amines) is 1. The molecule has 0 unspecified atom stereocenters. The second-order valence-corrected chi connectivity index (χ2v) is 7.34. The van der Waals surface area contributed by atoms with Crippen molar-refractivity contribution >= 4 is 16.8 Å². The largest absolute Gasteiger partial charge is 0.339 e. The lowest BCUT2D eigenvalue weighted by atomic mass is 9.96. The Balaban J connectivity index is 1.47. The summed E-state index contributed by atoms with van der Waals surface area (Å²) in [6.45, 7) is 1.42. The van der Waals surface area contributed by atoms with E-state index in [1.165, 1.54) is 31.9 Å². The molecule has 1 aliphatic carbocycles. The Morgan fingerprint density at radius 1 is 1.12 bits per heavy atom. The van der Waals surface area contributed by atoms with Gasteiger partial charge in [-0.1, -0.05) is 25.0 Å². The molecule has 1 saturated carbocycles. The number of hydrogen-bond acceptors (Lipinski definition) is 3. The van der Waals surface area contributed by atoms with E-state index in [1.807, 2.05) is 24.3 Å². The van der Waals surface area contributed by atoms with Gasteiger partial charge in [0.2, 0.25) is 11.3 Å². The number of rotatable bonds is 4. The molecule has 0 spiro atoms. The molecule has 2 aromatic rings. The molecule has 1 amide bonds. The van der Waals surface area contributed by atoms with E-state index in [2.05, 4.69) is 10.00 Å². The fraction of sp³-hybridized carbons (Fsp3) is 0.550. The van der Waals surface area contributed by atoms with Crippen LogP contribution < -0.4 is 5.43 Å². The van der Waals surface area contributed by atoms with Gasteiger partial charge in [-0.15, -0.1) is 0 Å². The maximum Gasteiger partial charge on any atom is 0.224 e. The average Bonchev–Trinajstić information content (AvgIpc) is 3.32. The number of nitrogens with zero attached hydrogens (tertiary/aromatic N) is 3. The molecule has 132 valence electrons. The molecule has 1 atom stereocenters. The first-order valence-electron chi connectivity index (χ1n) is 9.48. The van der Waals surface area contributed by atoms with E-state index < -0.39 is 0 Å². The summed E-state index contributed by atoms with van der Waals surface area (Å²) in [7, 11) is 0. The molecule has 1 aliphatic heterocycles. The Kier molecular flexibility index (Phi) is 4.55. The van der Waals surface area contributed by atoms with Crippen molar-refractivity contribution in [2.45, 2.75) is 57.5 Å². The van der Waals surface area contributed by atoms with Gasteiger partial charge in [0.15, 0.2) is 0 Å². The van der Waals surface area contributed by atoms with Crippen molar-refractivity contribution in [3.8, 4) is 0 Å². The first-order valence-corrected chi connectivity index (χ1v) is 9.48. The monoisotopic (exact) mass is 339 g/mol. The Hall–Kier alpha value is -2.17. The van der Waals surface area contributed by atoms with E-state index in [1.54, 1.807) is 4.68 Å². The van der Waals surface area contributed by atoms with Crippen LogP contribution in [-0.4, -0.2) is 33.2 Å². The van der Waals surface area contributed by atoms with Crippen molar-refractivity contribution < 1.29 is 4.79 Å². The van der Waals surface area contributed by atoms with Crippen LogP contribution in [0.1, 0.15) is 44.9 Å². The molecule has 0 radical (unpaired) electrons. The molecular formula is C20H25N3O2. The Bertz CT molecular complexity index is 823. The highest BCUT2D eigenvalue weighted by Crippen LogP contribution is 2.35. The number of aryl methyl sites for hydroxylation is 1. The lowest BCUT2D eigenvalue weighted by Crippen LogP contribution is -2.39. The second-order valence-electron chi connectivity index (χ2n) is 7.34. The van der Waals surface area contributed by atoms with Crippen molar-refractivity contribution in [3.05, 3.63) is 40.7 Å². The van der Waals surface area contributed by atoms with E-state index in [-0.39, 0.29) is 11.3 Å². The molecule has 5 heteroatoms. The summed E-state index contributed by atoms with van der Waals surface area (Å²) in [5, 5.41) is 4.90. The van der Waals surface area contributed by atoms with Gasteiger partial charge >= 0.3 is 0 Å². The fourth-order valence-corrected chi connectivity index (χ4v) is 4.62. The highest BCUT2D eigenvalue weighted by atomic mass is 16.2. The van der Waals surface area contributed by atoms with E-state index >= 15 is 0 Å². The van der Waals surface area contributed by atoms with Gasteiger partial charge < -0.3 is 4.90 Å². The Morgan fingerprint density at radius 3 is 2.76 bits per heavy atom.